The highest BCUT2D eigenvalue weighted by molar-refractivity contribution is 5.82. The second kappa shape index (κ2) is 7.50. The monoisotopic (exact) mass is 284 g/mol. The largest absolute Gasteiger partial charge is 0.480 e. The maximum atomic E-state index is 12.0. The van der Waals surface area contributed by atoms with Gasteiger partial charge in [-0.15, -0.1) is 0 Å². The van der Waals surface area contributed by atoms with Gasteiger partial charge in [0, 0.05) is 6.04 Å². The summed E-state index contributed by atoms with van der Waals surface area (Å²) in [6.45, 7) is 6.31. The molecule has 0 aromatic carbocycles. The van der Waals surface area contributed by atoms with Gasteiger partial charge in [0.25, 0.3) is 0 Å². The van der Waals surface area contributed by atoms with E-state index in [-0.39, 0.29) is 17.5 Å². The Hall–Kier alpha value is -1.26. The molecule has 5 nitrogen and oxygen atoms in total. The van der Waals surface area contributed by atoms with Gasteiger partial charge in [-0.1, -0.05) is 46.5 Å². The number of urea groups is 1. The molecule has 5 heteroatoms. The van der Waals surface area contributed by atoms with Crippen molar-refractivity contribution in [2.75, 3.05) is 0 Å². The smallest absolute Gasteiger partial charge is 0.326 e. The summed E-state index contributed by atoms with van der Waals surface area (Å²) in [5.74, 6) is -0.962. The highest BCUT2D eigenvalue weighted by Crippen LogP contribution is 2.35. The maximum Gasteiger partial charge on any atom is 0.326 e. The van der Waals surface area contributed by atoms with Gasteiger partial charge in [-0.2, -0.15) is 0 Å². The van der Waals surface area contributed by atoms with Gasteiger partial charge >= 0.3 is 12.0 Å². The van der Waals surface area contributed by atoms with Crippen LogP contribution in [0.3, 0.4) is 0 Å². The van der Waals surface area contributed by atoms with E-state index in [1.807, 2.05) is 6.92 Å². The van der Waals surface area contributed by atoms with Crippen molar-refractivity contribution < 1.29 is 14.7 Å². The van der Waals surface area contributed by atoms with Crippen LogP contribution in [-0.4, -0.2) is 29.2 Å². The topological polar surface area (TPSA) is 78.4 Å². The molecular formula is C15H28N2O3. The molecule has 0 aliphatic heterocycles. The first-order chi connectivity index (χ1) is 9.36. The van der Waals surface area contributed by atoms with Crippen LogP contribution in [-0.2, 0) is 4.79 Å². The van der Waals surface area contributed by atoms with Gasteiger partial charge in [0.15, 0.2) is 0 Å². The van der Waals surface area contributed by atoms with Crippen LogP contribution >= 0.6 is 0 Å². The quantitative estimate of drug-likeness (QED) is 0.701. The second-order valence-electron chi connectivity index (χ2n) is 6.44. The van der Waals surface area contributed by atoms with E-state index < -0.39 is 12.0 Å². The van der Waals surface area contributed by atoms with Gasteiger partial charge in [-0.3, -0.25) is 0 Å². The van der Waals surface area contributed by atoms with Crippen LogP contribution in [0.4, 0.5) is 4.79 Å². The minimum absolute atomic E-state index is 0.0811. The number of amides is 2. The Bertz CT molecular complexity index is 342. The molecule has 1 fully saturated rings. The van der Waals surface area contributed by atoms with E-state index in [1.54, 1.807) is 0 Å². The Morgan fingerprint density at radius 1 is 1.35 bits per heavy atom. The molecule has 1 saturated carbocycles. The lowest BCUT2D eigenvalue weighted by Gasteiger charge is -2.39. The van der Waals surface area contributed by atoms with Crippen molar-refractivity contribution in [3.8, 4) is 0 Å². The van der Waals surface area contributed by atoms with Crippen molar-refractivity contribution in [3.63, 3.8) is 0 Å². The predicted octanol–water partition coefficient (Wildman–Crippen LogP) is 2.90. The van der Waals surface area contributed by atoms with Crippen molar-refractivity contribution in [1.29, 1.82) is 0 Å². The lowest BCUT2D eigenvalue weighted by Crippen LogP contribution is -2.53. The molecule has 3 N–H and O–H groups in total. The molecule has 2 amide bonds. The Kier molecular flexibility index (Phi) is 6.30. The van der Waals surface area contributed by atoms with Crippen molar-refractivity contribution in [2.45, 2.75) is 77.8 Å². The molecule has 1 aliphatic carbocycles. The second-order valence-corrected chi connectivity index (χ2v) is 6.44. The number of aliphatic carboxylic acids is 1. The van der Waals surface area contributed by atoms with Gasteiger partial charge < -0.3 is 15.7 Å². The first-order valence-corrected chi connectivity index (χ1v) is 7.66. The highest BCUT2D eigenvalue weighted by Gasteiger charge is 2.33. The van der Waals surface area contributed by atoms with Crippen molar-refractivity contribution in [2.24, 2.45) is 5.41 Å². The minimum Gasteiger partial charge on any atom is -0.480 e. The SMILES string of the molecule is CCCCC(NC(=O)NC1CCCCC1(C)C)C(=O)O. The number of carboxylic acids is 1. The Labute approximate surface area is 121 Å². The van der Waals surface area contributed by atoms with Gasteiger partial charge in [-0.25, -0.2) is 9.59 Å². The molecular weight excluding hydrogens is 256 g/mol. The molecule has 0 heterocycles. The molecule has 0 aromatic rings. The standard InChI is InChI=1S/C15H28N2O3/c1-4-5-8-11(13(18)19)16-14(20)17-12-9-6-7-10-15(12,2)3/h11-12H,4-10H2,1-3H3,(H,18,19)(H2,16,17,20). The number of hydrogen-bond acceptors (Lipinski definition) is 2. The number of unbranched alkanes of at least 4 members (excludes halogenated alkanes) is 1. The molecule has 0 radical (unpaired) electrons. The number of rotatable bonds is 6. The third-order valence-electron chi connectivity index (χ3n) is 4.26. The van der Waals surface area contributed by atoms with Crippen LogP contribution in [0.2, 0.25) is 0 Å². The van der Waals surface area contributed by atoms with E-state index in [4.69, 9.17) is 5.11 Å². The fourth-order valence-electron chi connectivity index (χ4n) is 2.79. The normalized spacial score (nSPS) is 22.9. The maximum absolute atomic E-state index is 12.0. The molecule has 2 unspecified atom stereocenters. The van der Waals surface area contributed by atoms with Gasteiger partial charge in [0.1, 0.15) is 6.04 Å². The lowest BCUT2D eigenvalue weighted by atomic mass is 9.73. The van der Waals surface area contributed by atoms with Crippen LogP contribution in [0.25, 0.3) is 0 Å². The average molecular weight is 284 g/mol. The van der Waals surface area contributed by atoms with E-state index in [1.165, 1.54) is 6.42 Å². The van der Waals surface area contributed by atoms with E-state index in [0.717, 1.165) is 32.1 Å². The zero-order chi connectivity index (χ0) is 15.2. The lowest BCUT2D eigenvalue weighted by molar-refractivity contribution is -0.139. The highest BCUT2D eigenvalue weighted by atomic mass is 16.4. The molecule has 116 valence electrons. The minimum atomic E-state index is -0.962. The number of nitrogens with one attached hydrogen (secondary N) is 2. The first kappa shape index (κ1) is 16.8. The third-order valence-corrected chi connectivity index (χ3v) is 4.26. The van der Waals surface area contributed by atoms with Crippen molar-refractivity contribution in [1.82, 2.24) is 10.6 Å². The van der Waals surface area contributed by atoms with Crippen LogP contribution in [0, 0.1) is 5.41 Å². The van der Waals surface area contributed by atoms with Gasteiger partial charge in [0.2, 0.25) is 0 Å². The number of carboxylic acid groups (broad SMARTS) is 1. The molecule has 2 atom stereocenters. The van der Waals surface area contributed by atoms with Crippen LogP contribution < -0.4 is 10.6 Å². The molecule has 1 rings (SSSR count). The summed E-state index contributed by atoms with van der Waals surface area (Å²) in [6, 6.07) is -1.02. The van der Waals surface area contributed by atoms with Crippen molar-refractivity contribution >= 4 is 12.0 Å². The summed E-state index contributed by atoms with van der Waals surface area (Å²) < 4.78 is 0. The van der Waals surface area contributed by atoms with Crippen LogP contribution in [0.1, 0.15) is 65.7 Å². The van der Waals surface area contributed by atoms with E-state index >= 15 is 0 Å². The van der Waals surface area contributed by atoms with Gasteiger partial charge in [0.05, 0.1) is 0 Å². The summed E-state index contributed by atoms with van der Waals surface area (Å²) in [5.41, 5.74) is 0.0811. The zero-order valence-electron chi connectivity index (χ0n) is 12.9. The Balaban J connectivity index is 2.50. The molecule has 0 saturated heterocycles. The summed E-state index contributed by atoms with van der Waals surface area (Å²) >= 11 is 0. The molecule has 20 heavy (non-hydrogen) atoms. The van der Waals surface area contributed by atoms with E-state index in [2.05, 4.69) is 24.5 Å². The van der Waals surface area contributed by atoms with Crippen molar-refractivity contribution in [3.05, 3.63) is 0 Å². The van der Waals surface area contributed by atoms with Gasteiger partial charge in [-0.05, 0) is 24.7 Å². The number of carbonyl (C=O) groups is 2. The number of hydrogen-bond donors (Lipinski definition) is 3. The average Bonchev–Trinajstić information content (AvgIpc) is 2.36. The summed E-state index contributed by atoms with van der Waals surface area (Å²) in [5, 5.41) is 14.7. The Morgan fingerprint density at radius 2 is 2.05 bits per heavy atom. The molecule has 1 aliphatic rings. The van der Waals surface area contributed by atoms with Crippen LogP contribution in [0.5, 0.6) is 0 Å². The third kappa shape index (κ3) is 5.02. The molecule has 0 aromatic heterocycles. The zero-order valence-corrected chi connectivity index (χ0v) is 12.9. The summed E-state index contributed by atoms with van der Waals surface area (Å²) in [6.07, 6.45) is 6.57. The number of carbonyl (C=O) groups excluding carboxylic acids is 1. The summed E-state index contributed by atoms with van der Waals surface area (Å²) in [4.78, 5) is 23.1. The fourth-order valence-corrected chi connectivity index (χ4v) is 2.79. The molecule has 0 bridgehead atoms. The summed E-state index contributed by atoms with van der Waals surface area (Å²) in [7, 11) is 0. The van der Waals surface area contributed by atoms with E-state index in [0.29, 0.717) is 6.42 Å². The first-order valence-electron chi connectivity index (χ1n) is 7.66. The predicted molar refractivity (Wildman–Crippen MR) is 78.7 cm³/mol. The van der Waals surface area contributed by atoms with Crippen LogP contribution in [0.15, 0.2) is 0 Å². The Morgan fingerprint density at radius 3 is 2.60 bits per heavy atom. The fraction of sp³-hybridized carbons (Fsp3) is 0.867. The van der Waals surface area contributed by atoms with E-state index in [9.17, 15) is 9.59 Å². The molecule has 0 spiro atoms.